The summed E-state index contributed by atoms with van der Waals surface area (Å²) in [7, 11) is 0. The summed E-state index contributed by atoms with van der Waals surface area (Å²) >= 11 is 0. The molecule has 0 amide bonds. The van der Waals surface area contributed by atoms with E-state index in [4.69, 9.17) is 0 Å². The molecule has 3 aromatic rings. The molecule has 0 aliphatic carbocycles. The Kier molecular flexibility index (Phi) is 3.74. The Labute approximate surface area is 140 Å². The van der Waals surface area contributed by atoms with Crippen LogP contribution in [-0.4, -0.2) is 37.9 Å². The molecule has 24 heavy (non-hydrogen) atoms. The first-order valence-electron chi connectivity index (χ1n) is 8.10. The highest BCUT2D eigenvalue weighted by atomic mass is 16.3. The zero-order valence-electron chi connectivity index (χ0n) is 13.3. The van der Waals surface area contributed by atoms with Gasteiger partial charge in [-0.1, -0.05) is 30.3 Å². The summed E-state index contributed by atoms with van der Waals surface area (Å²) in [5.74, 6) is 1.51. The zero-order chi connectivity index (χ0) is 16.4. The van der Waals surface area contributed by atoms with Crippen molar-refractivity contribution in [3.63, 3.8) is 0 Å². The lowest BCUT2D eigenvalue weighted by Crippen LogP contribution is -2.43. The van der Waals surface area contributed by atoms with Gasteiger partial charge in [-0.25, -0.2) is 9.67 Å². The predicted molar refractivity (Wildman–Crippen MR) is 90.9 cm³/mol. The molecule has 0 saturated carbocycles. The van der Waals surface area contributed by atoms with Gasteiger partial charge in [0, 0.05) is 25.5 Å². The van der Waals surface area contributed by atoms with Crippen molar-refractivity contribution in [2.24, 2.45) is 0 Å². The quantitative estimate of drug-likeness (QED) is 0.800. The third kappa shape index (κ3) is 2.76. The molecule has 1 N–H and O–H groups in total. The van der Waals surface area contributed by atoms with Gasteiger partial charge in [-0.3, -0.25) is 4.98 Å². The van der Waals surface area contributed by atoms with Crippen molar-refractivity contribution in [1.29, 1.82) is 0 Å². The molecule has 0 unspecified atom stereocenters. The Morgan fingerprint density at radius 3 is 2.42 bits per heavy atom. The van der Waals surface area contributed by atoms with E-state index in [9.17, 15) is 5.11 Å². The molecular weight excluding hydrogens is 302 g/mol. The van der Waals surface area contributed by atoms with Crippen molar-refractivity contribution in [2.45, 2.75) is 18.4 Å². The Morgan fingerprint density at radius 2 is 1.71 bits per heavy atom. The van der Waals surface area contributed by atoms with Gasteiger partial charge in [0.2, 0.25) is 0 Å². The molecule has 1 saturated heterocycles. The standard InChI is InChI=1S/C18H19N5O/c24-18(15-5-2-1-3-6-15)7-11-22(12-8-18)16-13-19-14-17(21-16)23-10-4-9-20-23/h1-6,9-10,13-14,24H,7-8,11-12H2. The van der Waals surface area contributed by atoms with Crippen LogP contribution < -0.4 is 4.90 Å². The molecule has 3 heterocycles. The fourth-order valence-electron chi connectivity index (χ4n) is 3.16. The number of nitrogens with zero attached hydrogens (tertiary/aromatic N) is 5. The minimum atomic E-state index is -0.759. The summed E-state index contributed by atoms with van der Waals surface area (Å²) in [4.78, 5) is 11.1. The van der Waals surface area contributed by atoms with Gasteiger partial charge in [-0.15, -0.1) is 0 Å². The summed E-state index contributed by atoms with van der Waals surface area (Å²) in [6.07, 6.45) is 8.36. The molecule has 6 heteroatoms. The minimum absolute atomic E-state index is 0.671. The van der Waals surface area contributed by atoms with Gasteiger partial charge in [0.25, 0.3) is 0 Å². The lowest BCUT2D eigenvalue weighted by Gasteiger charge is -2.39. The lowest BCUT2D eigenvalue weighted by molar-refractivity contribution is 0.0116. The maximum absolute atomic E-state index is 10.9. The first kappa shape index (κ1) is 14.8. The van der Waals surface area contributed by atoms with E-state index in [1.165, 1.54) is 0 Å². The summed E-state index contributed by atoms with van der Waals surface area (Å²) in [6, 6.07) is 11.8. The Morgan fingerprint density at radius 1 is 0.958 bits per heavy atom. The lowest BCUT2D eigenvalue weighted by atomic mass is 9.84. The van der Waals surface area contributed by atoms with Crippen LogP contribution in [0.4, 0.5) is 5.82 Å². The number of benzene rings is 1. The zero-order valence-corrected chi connectivity index (χ0v) is 13.3. The molecule has 0 radical (unpaired) electrons. The van der Waals surface area contributed by atoms with Crippen molar-refractivity contribution in [3.8, 4) is 5.82 Å². The van der Waals surface area contributed by atoms with Crippen molar-refractivity contribution < 1.29 is 5.11 Å². The van der Waals surface area contributed by atoms with Crippen LogP contribution in [-0.2, 0) is 5.60 Å². The summed E-state index contributed by atoms with van der Waals surface area (Å²) < 4.78 is 1.70. The van der Waals surface area contributed by atoms with Crippen LogP contribution in [0.5, 0.6) is 0 Å². The molecule has 1 aromatic carbocycles. The molecule has 6 nitrogen and oxygen atoms in total. The highest BCUT2D eigenvalue weighted by Gasteiger charge is 2.34. The van der Waals surface area contributed by atoms with E-state index >= 15 is 0 Å². The number of hydrogen-bond acceptors (Lipinski definition) is 5. The van der Waals surface area contributed by atoms with E-state index in [1.54, 1.807) is 23.3 Å². The predicted octanol–water partition coefficient (Wildman–Crippen LogP) is 2.15. The molecule has 122 valence electrons. The topological polar surface area (TPSA) is 67.1 Å². The second-order valence-corrected chi connectivity index (χ2v) is 6.07. The monoisotopic (exact) mass is 321 g/mol. The van der Waals surface area contributed by atoms with Gasteiger partial charge in [0.05, 0.1) is 18.0 Å². The minimum Gasteiger partial charge on any atom is -0.385 e. The van der Waals surface area contributed by atoms with Gasteiger partial charge < -0.3 is 10.0 Å². The molecule has 0 atom stereocenters. The molecule has 2 aromatic heterocycles. The van der Waals surface area contributed by atoms with Crippen LogP contribution in [0.1, 0.15) is 18.4 Å². The number of hydrogen-bond donors (Lipinski definition) is 1. The first-order chi connectivity index (χ1) is 11.7. The number of aromatic nitrogens is 4. The average Bonchev–Trinajstić information content (AvgIpc) is 3.18. The number of piperidine rings is 1. The molecule has 0 spiro atoms. The number of anilines is 1. The maximum Gasteiger partial charge on any atom is 0.173 e. The third-order valence-corrected chi connectivity index (χ3v) is 4.57. The fourth-order valence-corrected chi connectivity index (χ4v) is 3.16. The van der Waals surface area contributed by atoms with Crippen LogP contribution in [0.15, 0.2) is 61.2 Å². The summed E-state index contributed by atoms with van der Waals surface area (Å²) in [5, 5.41) is 15.1. The molecule has 1 aliphatic rings. The first-order valence-corrected chi connectivity index (χ1v) is 8.10. The van der Waals surface area contributed by atoms with Gasteiger partial charge in [-0.2, -0.15) is 5.10 Å². The molecular formula is C18H19N5O. The van der Waals surface area contributed by atoms with Crippen LogP contribution in [0.3, 0.4) is 0 Å². The van der Waals surface area contributed by atoms with Crippen molar-refractivity contribution in [3.05, 3.63) is 66.7 Å². The normalized spacial score (nSPS) is 17.0. The summed E-state index contributed by atoms with van der Waals surface area (Å²) in [5.41, 5.74) is 0.228. The summed E-state index contributed by atoms with van der Waals surface area (Å²) in [6.45, 7) is 1.48. The number of aliphatic hydroxyl groups is 1. The van der Waals surface area contributed by atoms with E-state index in [-0.39, 0.29) is 0 Å². The van der Waals surface area contributed by atoms with Crippen LogP contribution >= 0.6 is 0 Å². The highest BCUT2D eigenvalue weighted by Crippen LogP contribution is 2.33. The largest absolute Gasteiger partial charge is 0.385 e. The van der Waals surface area contributed by atoms with E-state index in [0.29, 0.717) is 18.7 Å². The van der Waals surface area contributed by atoms with Gasteiger partial charge >= 0.3 is 0 Å². The van der Waals surface area contributed by atoms with Crippen LogP contribution in [0.2, 0.25) is 0 Å². The number of rotatable bonds is 3. The Bertz CT molecular complexity index is 795. The highest BCUT2D eigenvalue weighted by molar-refractivity contribution is 5.40. The van der Waals surface area contributed by atoms with Gasteiger partial charge in [0.15, 0.2) is 5.82 Å². The van der Waals surface area contributed by atoms with E-state index in [0.717, 1.165) is 24.5 Å². The van der Waals surface area contributed by atoms with Crippen molar-refractivity contribution in [2.75, 3.05) is 18.0 Å². The van der Waals surface area contributed by atoms with Gasteiger partial charge in [-0.05, 0) is 24.5 Å². The second-order valence-electron chi connectivity index (χ2n) is 6.07. The average molecular weight is 321 g/mol. The Hall–Kier alpha value is -2.73. The third-order valence-electron chi connectivity index (χ3n) is 4.57. The molecule has 1 aliphatic heterocycles. The molecule has 1 fully saturated rings. The SMILES string of the molecule is OC1(c2ccccc2)CCN(c2cncc(-n3cccn3)n2)CC1. The maximum atomic E-state index is 10.9. The van der Waals surface area contributed by atoms with Crippen molar-refractivity contribution in [1.82, 2.24) is 19.7 Å². The fraction of sp³-hybridized carbons (Fsp3) is 0.278. The molecule has 4 rings (SSSR count). The van der Waals surface area contributed by atoms with Crippen molar-refractivity contribution >= 4 is 5.82 Å². The van der Waals surface area contributed by atoms with Gasteiger partial charge in [0.1, 0.15) is 5.82 Å². The molecule has 0 bridgehead atoms. The van der Waals surface area contributed by atoms with Crippen LogP contribution in [0, 0.1) is 0 Å². The van der Waals surface area contributed by atoms with E-state index in [1.807, 2.05) is 42.6 Å². The second kappa shape index (κ2) is 6.05. The Balaban J connectivity index is 1.51. The van der Waals surface area contributed by atoms with E-state index in [2.05, 4.69) is 20.0 Å². The smallest absolute Gasteiger partial charge is 0.173 e. The van der Waals surface area contributed by atoms with Crippen LogP contribution in [0.25, 0.3) is 5.82 Å². The van der Waals surface area contributed by atoms with E-state index < -0.39 is 5.60 Å².